The molecule has 3 N–H and O–H groups in total. The van der Waals surface area contributed by atoms with Crippen molar-refractivity contribution in [3.8, 4) is 0 Å². The summed E-state index contributed by atoms with van der Waals surface area (Å²) in [6.07, 6.45) is 72.7. The van der Waals surface area contributed by atoms with E-state index in [0.717, 1.165) is 167 Å². The number of aliphatic hydroxyl groups is 1. The fraction of sp³-hybridized carbons (Fsp3) is 0.772. The monoisotopic (exact) mass is 1420 g/mol. The minimum absolute atomic E-state index is 0.0751. The van der Waals surface area contributed by atoms with Crippen LogP contribution < -0.4 is 0 Å². The molecule has 0 spiro atoms. The molecule has 0 saturated heterocycles. The van der Waals surface area contributed by atoms with Gasteiger partial charge in [-0.2, -0.15) is 0 Å². The molecular weight excluding hydrogens is 1280 g/mol. The van der Waals surface area contributed by atoms with E-state index >= 15 is 0 Å². The second-order valence-corrected chi connectivity index (χ2v) is 28.9. The van der Waals surface area contributed by atoms with Gasteiger partial charge >= 0.3 is 39.5 Å². The molecular formula is C79H140O17P2. The summed E-state index contributed by atoms with van der Waals surface area (Å²) in [7, 11) is -9.96. The Hall–Kier alpha value is -3.76. The highest BCUT2D eigenvalue weighted by molar-refractivity contribution is 7.47. The van der Waals surface area contributed by atoms with Crippen molar-refractivity contribution in [3.05, 3.63) is 85.1 Å². The summed E-state index contributed by atoms with van der Waals surface area (Å²) in [5.74, 6) is -2.22. The molecule has 0 aliphatic heterocycles. The fourth-order valence-corrected chi connectivity index (χ4v) is 11.9. The van der Waals surface area contributed by atoms with Gasteiger partial charge in [-0.15, -0.1) is 0 Å². The second-order valence-electron chi connectivity index (χ2n) is 26.0. The van der Waals surface area contributed by atoms with Gasteiger partial charge in [-0.05, 0) is 141 Å². The number of allylic oxidation sites excluding steroid dienone is 14. The molecule has 0 aromatic carbocycles. The third-order valence-corrected chi connectivity index (χ3v) is 18.2. The van der Waals surface area contributed by atoms with Gasteiger partial charge < -0.3 is 33.8 Å². The van der Waals surface area contributed by atoms with E-state index in [0.29, 0.717) is 25.7 Å². The van der Waals surface area contributed by atoms with E-state index in [4.69, 9.17) is 37.0 Å². The van der Waals surface area contributed by atoms with Gasteiger partial charge in [-0.25, -0.2) is 9.13 Å². The molecule has 0 saturated carbocycles. The largest absolute Gasteiger partial charge is 0.472 e. The van der Waals surface area contributed by atoms with Crippen molar-refractivity contribution in [2.45, 2.75) is 354 Å². The normalized spacial score (nSPS) is 14.4. The molecule has 0 aliphatic rings. The number of ether oxygens (including phenoxy) is 4. The topological polar surface area (TPSA) is 237 Å². The van der Waals surface area contributed by atoms with Gasteiger partial charge in [0.25, 0.3) is 0 Å². The van der Waals surface area contributed by atoms with Gasteiger partial charge in [0.05, 0.1) is 26.4 Å². The van der Waals surface area contributed by atoms with Gasteiger partial charge in [-0.1, -0.05) is 254 Å². The van der Waals surface area contributed by atoms with Crippen molar-refractivity contribution >= 4 is 39.5 Å². The van der Waals surface area contributed by atoms with Crippen molar-refractivity contribution in [1.82, 2.24) is 0 Å². The van der Waals surface area contributed by atoms with E-state index in [2.05, 4.69) is 113 Å². The molecule has 5 atom stereocenters. The Kier molecular flexibility index (Phi) is 68.9. The maximum absolute atomic E-state index is 13.1. The van der Waals surface area contributed by atoms with Crippen LogP contribution in [-0.4, -0.2) is 96.7 Å². The molecule has 0 radical (unpaired) electrons. The fourth-order valence-electron chi connectivity index (χ4n) is 10.3. The van der Waals surface area contributed by atoms with Gasteiger partial charge in [0, 0.05) is 25.7 Å². The molecule has 0 heterocycles. The highest BCUT2D eigenvalue weighted by Crippen LogP contribution is 2.45. The van der Waals surface area contributed by atoms with Crippen LogP contribution in [0.15, 0.2) is 85.1 Å². The Morgan fingerprint density at radius 3 is 0.847 bits per heavy atom. The molecule has 0 fully saturated rings. The number of aliphatic hydroxyl groups excluding tert-OH is 1. The number of rotatable bonds is 73. The van der Waals surface area contributed by atoms with Crippen molar-refractivity contribution in [3.63, 3.8) is 0 Å². The third kappa shape index (κ3) is 70.7. The molecule has 0 aliphatic carbocycles. The van der Waals surface area contributed by atoms with Gasteiger partial charge in [0.2, 0.25) is 0 Å². The van der Waals surface area contributed by atoms with Crippen molar-refractivity contribution in [2.24, 2.45) is 0 Å². The first-order valence-electron chi connectivity index (χ1n) is 38.8. The first kappa shape index (κ1) is 94.2. The molecule has 17 nitrogen and oxygen atoms in total. The minimum atomic E-state index is -4.98. The Morgan fingerprint density at radius 1 is 0.296 bits per heavy atom. The predicted octanol–water partition coefficient (Wildman–Crippen LogP) is 22.2. The van der Waals surface area contributed by atoms with Crippen LogP contribution >= 0.6 is 15.6 Å². The van der Waals surface area contributed by atoms with Crippen LogP contribution in [0.5, 0.6) is 0 Å². The van der Waals surface area contributed by atoms with Gasteiger partial charge in [0.15, 0.2) is 12.2 Å². The highest BCUT2D eigenvalue weighted by atomic mass is 31.2. The second kappa shape index (κ2) is 71.6. The lowest BCUT2D eigenvalue weighted by Crippen LogP contribution is -2.30. The first-order chi connectivity index (χ1) is 47.7. The van der Waals surface area contributed by atoms with E-state index in [1.54, 1.807) is 0 Å². The quantitative estimate of drug-likeness (QED) is 0.0128. The number of phosphoric acid groups is 2. The van der Waals surface area contributed by atoms with Crippen LogP contribution in [0, 0.1) is 0 Å². The Morgan fingerprint density at radius 2 is 0.531 bits per heavy atom. The first-order valence-corrected chi connectivity index (χ1v) is 41.8. The van der Waals surface area contributed by atoms with E-state index < -0.39 is 97.5 Å². The Balaban J connectivity index is 5.38. The molecule has 0 aromatic heterocycles. The molecule has 0 rings (SSSR count). The SMILES string of the molecule is CCCCC/C=C\C/C=C\CCCCCCCC(=O)OC[C@H](COP(=O)(O)OC[C@H](O)COP(=O)(O)OC[C@@H](COC(=O)CCCCCCC/C=C\CCCCCC)OC(=O)CCCCCCC/C=C\C/C=C\CCCCC)OC(=O)CCCCCCC/C=C\C=C/CCCCCC. The molecule has 19 heteroatoms. The average molecular weight is 1420 g/mol. The molecule has 0 bridgehead atoms. The zero-order valence-electron chi connectivity index (χ0n) is 62.0. The summed E-state index contributed by atoms with van der Waals surface area (Å²) in [5, 5.41) is 10.6. The van der Waals surface area contributed by atoms with E-state index in [-0.39, 0.29) is 25.7 Å². The lowest BCUT2D eigenvalue weighted by Gasteiger charge is -2.21. The summed E-state index contributed by atoms with van der Waals surface area (Å²) < 4.78 is 68.5. The van der Waals surface area contributed by atoms with Crippen LogP contribution in [0.3, 0.4) is 0 Å². The summed E-state index contributed by atoms with van der Waals surface area (Å²) in [4.78, 5) is 72.9. The lowest BCUT2D eigenvalue weighted by atomic mass is 10.1. The van der Waals surface area contributed by atoms with Crippen LogP contribution in [0.1, 0.15) is 336 Å². The summed E-state index contributed by atoms with van der Waals surface area (Å²) in [6, 6.07) is 0. The van der Waals surface area contributed by atoms with Crippen LogP contribution in [0.25, 0.3) is 0 Å². The molecule has 2 unspecified atom stereocenters. The number of carbonyl (C=O) groups is 4. The van der Waals surface area contributed by atoms with E-state index in [1.165, 1.54) is 89.9 Å². The number of hydrogen-bond donors (Lipinski definition) is 3. The number of hydrogen-bond acceptors (Lipinski definition) is 15. The average Bonchev–Trinajstić information content (AvgIpc) is 1.04. The zero-order chi connectivity index (χ0) is 71.8. The molecule has 568 valence electrons. The maximum atomic E-state index is 13.1. The number of carbonyl (C=O) groups excluding carboxylic acids is 4. The molecule has 0 amide bonds. The minimum Gasteiger partial charge on any atom is -0.462 e. The molecule has 0 aromatic rings. The van der Waals surface area contributed by atoms with E-state index in [9.17, 15) is 43.2 Å². The summed E-state index contributed by atoms with van der Waals surface area (Å²) in [5.41, 5.74) is 0. The van der Waals surface area contributed by atoms with Gasteiger partial charge in [0.1, 0.15) is 19.3 Å². The summed E-state index contributed by atoms with van der Waals surface area (Å²) in [6.45, 7) is 4.76. The maximum Gasteiger partial charge on any atom is 0.472 e. The van der Waals surface area contributed by atoms with Crippen LogP contribution in [0.2, 0.25) is 0 Å². The van der Waals surface area contributed by atoms with Gasteiger partial charge in [-0.3, -0.25) is 37.3 Å². The Labute approximate surface area is 595 Å². The Bertz CT molecular complexity index is 2190. The number of unbranched alkanes of at least 4 members (excludes halogenated alkanes) is 34. The van der Waals surface area contributed by atoms with Crippen molar-refractivity contribution < 1.29 is 80.2 Å². The standard InChI is InChI=1S/C79H140O17P2/c1-5-9-13-17-21-25-29-33-36-40-44-48-52-56-60-64-77(82)90-70-75(96-79(84)66-62-58-54-50-46-42-38-35-31-27-23-19-15-11-7-3)72-94-98(87,88)92-68-73(80)67-91-97(85,86)93-71-74(69-89-76(81)63-59-55-51-47-43-39-32-28-24-20-16-12-8-4)95-78(83)65-61-57-53-49-45-41-37-34-30-26-22-18-14-10-6-2/h21-22,25-28,31-38,73-75,80H,5-20,23-24,29-30,39-72H2,1-4H3,(H,85,86)(H,87,88)/b25-21-,26-22-,31-27-,32-28-,36-33-,37-34-,38-35-/t73-,74-,75-/m1/s1. The molecule has 98 heavy (non-hydrogen) atoms. The van der Waals surface area contributed by atoms with Crippen LogP contribution in [-0.2, 0) is 65.4 Å². The third-order valence-electron chi connectivity index (χ3n) is 16.3. The highest BCUT2D eigenvalue weighted by Gasteiger charge is 2.30. The zero-order valence-corrected chi connectivity index (χ0v) is 63.7. The van der Waals surface area contributed by atoms with Crippen LogP contribution in [0.4, 0.5) is 0 Å². The predicted molar refractivity (Wildman–Crippen MR) is 399 cm³/mol. The van der Waals surface area contributed by atoms with Crippen molar-refractivity contribution in [2.75, 3.05) is 39.6 Å². The number of phosphoric ester groups is 2. The smallest absolute Gasteiger partial charge is 0.462 e. The summed E-state index contributed by atoms with van der Waals surface area (Å²) >= 11 is 0. The van der Waals surface area contributed by atoms with E-state index in [1.807, 2.05) is 0 Å². The lowest BCUT2D eigenvalue weighted by molar-refractivity contribution is -0.161. The van der Waals surface area contributed by atoms with Crippen molar-refractivity contribution in [1.29, 1.82) is 0 Å². The number of esters is 4.